The van der Waals surface area contributed by atoms with Gasteiger partial charge in [-0.2, -0.15) is 5.10 Å². The number of rotatable bonds is 4. The molecule has 0 aliphatic carbocycles. The van der Waals surface area contributed by atoms with Gasteiger partial charge in [-0.15, -0.1) is 0 Å². The zero-order chi connectivity index (χ0) is 16.5. The minimum atomic E-state index is 0.381. The molecule has 1 unspecified atom stereocenters. The van der Waals surface area contributed by atoms with Crippen molar-refractivity contribution in [2.75, 3.05) is 6.54 Å². The van der Waals surface area contributed by atoms with Gasteiger partial charge in [-0.25, -0.2) is 9.67 Å². The van der Waals surface area contributed by atoms with Crippen LogP contribution >= 0.6 is 0 Å². The standard InChI is InChI=1S/C19H23N5/c1-3-17-19-16(20-13-21-19)7-10-23(17)12-15-11-14(2)5-6-18(15)24-9-4-8-22-24/h4-6,8-9,11,13,17H,3,7,10,12H2,1-2H3,(H,20,21). The SMILES string of the molecule is CCC1c2nc[nH]c2CCN1Cc1cc(C)ccc1-n1cccn1. The fourth-order valence-electron chi connectivity index (χ4n) is 3.74. The van der Waals surface area contributed by atoms with Crippen LogP contribution in [0.15, 0.2) is 43.0 Å². The highest BCUT2D eigenvalue weighted by molar-refractivity contribution is 5.43. The molecule has 0 saturated heterocycles. The van der Waals surface area contributed by atoms with E-state index in [2.05, 4.69) is 52.0 Å². The molecule has 0 fully saturated rings. The molecule has 0 saturated carbocycles. The van der Waals surface area contributed by atoms with Crippen LogP contribution in [0.2, 0.25) is 0 Å². The van der Waals surface area contributed by atoms with Gasteiger partial charge in [0.1, 0.15) is 0 Å². The highest BCUT2D eigenvalue weighted by atomic mass is 15.3. The summed E-state index contributed by atoms with van der Waals surface area (Å²) < 4.78 is 1.96. The van der Waals surface area contributed by atoms with Crippen molar-refractivity contribution in [2.24, 2.45) is 0 Å². The predicted molar refractivity (Wildman–Crippen MR) is 94.0 cm³/mol. The molecule has 1 aliphatic rings. The highest BCUT2D eigenvalue weighted by Gasteiger charge is 2.28. The van der Waals surface area contributed by atoms with Crippen LogP contribution in [0.4, 0.5) is 0 Å². The Balaban J connectivity index is 1.67. The van der Waals surface area contributed by atoms with Crippen LogP contribution < -0.4 is 0 Å². The molecule has 3 aromatic rings. The average molecular weight is 321 g/mol. The topological polar surface area (TPSA) is 49.7 Å². The molecule has 0 amide bonds. The van der Waals surface area contributed by atoms with Gasteiger partial charge < -0.3 is 4.98 Å². The Morgan fingerprint density at radius 1 is 1.33 bits per heavy atom. The second kappa shape index (κ2) is 6.24. The number of aromatic nitrogens is 4. The van der Waals surface area contributed by atoms with E-state index in [0.29, 0.717) is 6.04 Å². The normalized spacial score (nSPS) is 17.8. The second-order valence-electron chi connectivity index (χ2n) is 6.49. The van der Waals surface area contributed by atoms with E-state index in [-0.39, 0.29) is 0 Å². The molecule has 3 heterocycles. The quantitative estimate of drug-likeness (QED) is 0.801. The van der Waals surface area contributed by atoms with E-state index in [4.69, 9.17) is 0 Å². The van der Waals surface area contributed by atoms with E-state index in [0.717, 1.165) is 31.6 Å². The Labute approximate surface area is 142 Å². The van der Waals surface area contributed by atoms with Crippen LogP contribution in [0, 0.1) is 6.92 Å². The van der Waals surface area contributed by atoms with Gasteiger partial charge in [0.25, 0.3) is 0 Å². The molecule has 0 bridgehead atoms. The van der Waals surface area contributed by atoms with E-state index in [1.807, 2.05) is 29.5 Å². The molecule has 124 valence electrons. The zero-order valence-corrected chi connectivity index (χ0v) is 14.2. The predicted octanol–water partition coefficient (Wildman–Crippen LogP) is 3.41. The Kier molecular flexibility index (Phi) is 3.94. The molecule has 1 aliphatic heterocycles. The summed E-state index contributed by atoms with van der Waals surface area (Å²) >= 11 is 0. The number of H-pyrrole nitrogens is 1. The summed E-state index contributed by atoms with van der Waals surface area (Å²) in [6.45, 7) is 6.36. The number of nitrogens with one attached hydrogen (secondary N) is 1. The molecule has 2 aromatic heterocycles. The Morgan fingerprint density at radius 3 is 3.04 bits per heavy atom. The van der Waals surface area contributed by atoms with E-state index in [1.165, 1.54) is 22.5 Å². The van der Waals surface area contributed by atoms with Gasteiger partial charge in [-0.1, -0.05) is 24.6 Å². The molecule has 4 rings (SSSR count). The first kappa shape index (κ1) is 15.1. The first-order valence-corrected chi connectivity index (χ1v) is 8.62. The van der Waals surface area contributed by atoms with Gasteiger partial charge in [-0.3, -0.25) is 4.90 Å². The number of imidazole rings is 1. The lowest BCUT2D eigenvalue weighted by Crippen LogP contribution is -2.35. The maximum Gasteiger partial charge on any atom is 0.0925 e. The zero-order valence-electron chi connectivity index (χ0n) is 14.2. The third-order valence-corrected chi connectivity index (χ3v) is 4.90. The number of fused-ring (bicyclic) bond motifs is 1. The van der Waals surface area contributed by atoms with Gasteiger partial charge in [-0.05, 0) is 31.0 Å². The van der Waals surface area contributed by atoms with Crippen molar-refractivity contribution in [2.45, 2.75) is 39.3 Å². The lowest BCUT2D eigenvalue weighted by Gasteiger charge is -2.34. The molecule has 1 N–H and O–H groups in total. The van der Waals surface area contributed by atoms with Gasteiger partial charge in [0.05, 0.1) is 23.8 Å². The number of benzene rings is 1. The lowest BCUT2D eigenvalue weighted by molar-refractivity contribution is 0.167. The first-order valence-electron chi connectivity index (χ1n) is 8.62. The van der Waals surface area contributed by atoms with Crippen molar-refractivity contribution in [3.05, 3.63) is 65.5 Å². The van der Waals surface area contributed by atoms with Crippen molar-refractivity contribution in [3.8, 4) is 5.69 Å². The van der Waals surface area contributed by atoms with Crippen LogP contribution in [-0.4, -0.2) is 31.2 Å². The average Bonchev–Trinajstić information content (AvgIpc) is 3.26. The van der Waals surface area contributed by atoms with Gasteiger partial charge in [0.2, 0.25) is 0 Å². The van der Waals surface area contributed by atoms with Crippen LogP contribution in [-0.2, 0) is 13.0 Å². The lowest BCUT2D eigenvalue weighted by atomic mass is 9.99. The van der Waals surface area contributed by atoms with E-state index >= 15 is 0 Å². The molecular formula is C19H23N5. The minimum Gasteiger partial charge on any atom is -0.348 e. The molecular weight excluding hydrogens is 298 g/mol. The minimum absolute atomic E-state index is 0.381. The van der Waals surface area contributed by atoms with Crippen molar-refractivity contribution < 1.29 is 0 Å². The van der Waals surface area contributed by atoms with Crippen LogP contribution in [0.25, 0.3) is 5.69 Å². The summed E-state index contributed by atoms with van der Waals surface area (Å²) in [4.78, 5) is 10.4. The summed E-state index contributed by atoms with van der Waals surface area (Å²) in [5.41, 5.74) is 6.28. The summed E-state index contributed by atoms with van der Waals surface area (Å²) in [5.74, 6) is 0. The van der Waals surface area contributed by atoms with Crippen LogP contribution in [0.1, 0.15) is 41.9 Å². The second-order valence-corrected chi connectivity index (χ2v) is 6.49. The van der Waals surface area contributed by atoms with Crippen molar-refractivity contribution >= 4 is 0 Å². The van der Waals surface area contributed by atoms with Gasteiger partial charge in [0, 0.05) is 37.6 Å². The monoisotopic (exact) mass is 321 g/mol. The van der Waals surface area contributed by atoms with Crippen molar-refractivity contribution in [1.29, 1.82) is 0 Å². The molecule has 5 nitrogen and oxygen atoms in total. The smallest absolute Gasteiger partial charge is 0.0925 e. The Hall–Kier alpha value is -2.40. The maximum atomic E-state index is 4.58. The fraction of sp³-hybridized carbons (Fsp3) is 0.368. The first-order chi connectivity index (χ1) is 11.8. The largest absolute Gasteiger partial charge is 0.348 e. The Morgan fingerprint density at radius 2 is 2.25 bits per heavy atom. The third-order valence-electron chi connectivity index (χ3n) is 4.90. The summed E-state index contributed by atoms with van der Waals surface area (Å²) in [5, 5.41) is 4.42. The van der Waals surface area contributed by atoms with Gasteiger partial charge >= 0.3 is 0 Å². The number of hydrogen-bond acceptors (Lipinski definition) is 3. The maximum absolute atomic E-state index is 4.58. The van der Waals surface area contributed by atoms with E-state index < -0.39 is 0 Å². The molecule has 0 radical (unpaired) electrons. The van der Waals surface area contributed by atoms with E-state index in [1.54, 1.807) is 0 Å². The highest BCUT2D eigenvalue weighted by Crippen LogP contribution is 2.32. The molecule has 0 spiro atoms. The Bertz CT molecular complexity index is 818. The number of aromatic amines is 1. The molecule has 24 heavy (non-hydrogen) atoms. The van der Waals surface area contributed by atoms with Crippen molar-refractivity contribution in [1.82, 2.24) is 24.6 Å². The van der Waals surface area contributed by atoms with Crippen LogP contribution in [0.3, 0.4) is 0 Å². The summed E-state index contributed by atoms with van der Waals surface area (Å²) in [6.07, 6.45) is 7.77. The summed E-state index contributed by atoms with van der Waals surface area (Å²) in [7, 11) is 0. The number of hydrogen-bond donors (Lipinski definition) is 1. The molecule has 1 atom stereocenters. The molecule has 1 aromatic carbocycles. The van der Waals surface area contributed by atoms with Crippen molar-refractivity contribution in [3.63, 3.8) is 0 Å². The summed E-state index contributed by atoms with van der Waals surface area (Å²) in [6, 6.07) is 8.95. The number of nitrogens with zero attached hydrogens (tertiary/aromatic N) is 4. The number of aryl methyl sites for hydroxylation is 1. The molecule has 5 heteroatoms. The van der Waals surface area contributed by atoms with Gasteiger partial charge in [0.15, 0.2) is 0 Å². The third kappa shape index (κ3) is 2.65. The van der Waals surface area contributed by atoms with E-state index in [9.17, 15) is 0 Å². The fourth-order valence-corrected chi connectivity index (χ4v) is 3.74. The van der Waals surface area contributed by atoms with Crippen LogP contribution in [0.5, 0.6) is 0 Å².